The van der Waals surface area contributed by atoms with Crippen LogP contribution < -0.4 is 50.3 Å². The summed E-state index contributed by atoms with van der Waals surface area (Å²) in [7, 11) is 0. The molecule has 128 valence electrons. The molecule has 0 aromatic carbocycles. The van der Waals surface area contributed by atoms with Crippen molar-refractivity contribution >= 4 is 5.97 Å². The van der Waals surface area contributed by atoms with Crippen molar-refractivity contribution in [2.75, 3.05) is 13.2 Å². The van der Waals surface area contributed by atoms with E-state index in [1.807, 2.05) is 0 Å². The number of halogens is 1. The van der Waals surface area contributed by atoms with Crippen LogP contribution in [-0.2, 0) is 26.8 Å². The molecule has 0 aliphatic carbocycles. The summed E-state index contributed by atoms with van der Waals surface area (Å²) in [6.45, 7) is 3.50. The van der Waals surface area contributed by atoms with Crippen LogP contribution in [0.1, 0.15) is 0 Å². The second-order valence-electron chi connectivity index (χ2n) is 4.80. The fraction of sp³-hybridized carbons (Fsp3) is 0.700. The van der Waals surface area contributed by atoms with Crippen LogP contribution in [0.3, 0.4) is 0 Å². The van der Waals surface area contributed by atoms with E-state index < -0.39 is 55.8 Å². The summed E-state index contributed by atoms with van der Waals surface area (Å²) in [5, 5.41) is 0. The molecule has 2 atom stereocenters. The molecule has 2 aliphatic heterocycles. The van der Waals surface area contributed by atoms with E-state index in [-0.39, 0.29) is 18.9 Å². The minimum absolute atomic E-state index is 0.0977. The van der Waals surface area contributed by atoms with Crippen molar-refractivity contribution in [3.05, 3.63) is 12.3 Å². The molecule has 2 saturated heterocycles. The molecule has 0 bridgehead atoms. The molecule has 12 heteroatoms. The van der Waals surface area contributed by atoms with E-state index >= 15 is 0 Å². The SMILES string of the molecule is C=C(N)C(=O)O[I-]C(C1COC(N)(N)O1)C1COC(N)(N)O1. The van der Waals surface area contributed by atoms with Crippen LogP contribution in [0.5, 0.6) is 0 Å². The Morgan fingerprint density at radius 3 is 1.91 bits per heavy atom. The molecule has 2 unspecified atom stereocenters. The Morgan fingerprint density at radius 1 is 1.14 bits per heavy atom. The Hall–Kier alpha value is -0.580. The van der Waals surface area contributed by atoms with Gasteiger partial charge >= 0.3 is 137 Å². The van der Waals surface area contributed by atoms with E-state index in [1.54, 1.807) is 0 Å². The van der Waals surface area contributed by atoms with Gasteiger partial charge in [-0.05, 0) is 0 Å². The maximum atomic E-state index is 11.5. The van der Waals surface area contributed by atoms with Gasteiger partial charge in [-0.15, -0.1) is 0 Å². The molecule has 2 rings (SSSR count). The minimum atomic E-state index is -1.71. The van der Waals surface area contributed by atoms with E-state index in [2.05, 4.69) is 6.58 Å². The van der Waals surface area contributed by atoms with Crippen LogP contribution >= 0.6 is 0 Å². The normalized spacial score (nSPS) is 31.1. The zero-order valence-electron chi connectivity index (χ0n) is 11.6. The summed E-state index contributed by atoms with van der Waals surface area (Å²) in [5.41, 5.74) is 27.2. The Labute approximate surface area is 137 Å². The van der Waals surface area contributed by atoms with Crippen LogP contribution in [0.15, 0.2) is 12.3 Å². The van der Waals surface area contributed by atoms with Gasteiger partial charge in [0, 0.05) is 0 Å². The van der Waals surface area contributed by atoms with Crippen molar-refractivity contribution < 1.29 is 48.4 Å². The van der Waals surface area contributed by atoms with Gasteiger partial charge in [0.2, 0.25) is 0 Å². The molecule has 0 spiro atoms. The molecular formula is C10H19IN5O6-. The quantitative estimate of drug-likeness (QED) is 0.120. The van der Waals surface area contributed by atoms with Crippen molar-refractivity contribution in [1.82, 2.24) is 0 Å². The van der Waals surface area contributed by atoms with Crippen molar-refractivity contribution in [2.24, 2.45) is 28.7 Å². The number of ether oxygens (including phenoxy) is 4. The van der Waals surface area contributed by atoms with Crippen LogP contribution in [-0.4, -0.2) is 47.4 Å². The van der Waals surface area contributed by atoms with E-state index in [0.717, 1.165) is 0 Å². The second kappa shape index (κ2) is 6.50. The predicted molar refractivity (Wildman–Crippen MR) is 67.1 cm³/mol. The van der Waals surface area contributed by atoms with Gasteiger partial charge in [0.1, 0.15) is 0 Å². The van der Waals surface area contributed by atoms with Gasteiger partial charge in [0.15, 0.2) is 0 Å². The van der Waals surface area contributed by atoms with Crippen LogP contribution in [0, 0.1) is 0 Å². The standard InChI is InChI=1S/C10H19IN5O6/c1-4(12)8(17)22-11-7(5-2-18-9(13,14)20-5)6-3-19-10(15,16)21-6/h5-7H,1-3,12-16H2/q-1. The van der Waals surface area contributed by atoms with Gasteiger partial charge < -0.3 is 0 Å². The van der Waals surface area contributed by atoms with Crippen LogP contribution in [0.25, 0.3) is 0 Å². The third-order valence-corrected chi connectivity index (χ3v) is 5.65. The first-order valence-corrected chi connectivity index (χ1v) is 8.30. The van der Waals surface area contributed by atoms with E-state index in [9.17, 15) is 4.79 Å². The van der Waals surface area contributed by atoms with E-state index in [1.165, 1.54) is 0 Å². The van der Waals surface area contributed by atoms with Crippen LogP contribution in [0.4, 0.5) is 0 Å². The third kappa shape index (κ3) is 4.46. The third-order valence-electron chi connectivity index (χ3n) is 2.81. The van der Waals surface area contributed by atoms with Gasteiger partial charge in [-0.2, -0.15) is 0 Å². The van der Waals surface area contributed by atoms with Gasteiger partial charge in [-0.25, -0.2) is 0 Å². The average molecular weight is 432 g/mol. The summed E-state index contributed by atoms with van der Waals surface area (Å²) in [6, 6.07) is -3.42. The number of rotatable bonds is 5. The maximum absolute atomic E-state index is 11.5. The predicted octanol–water partition coefficient (Wildman–Crippen LogP) is -6.74. The van der Waals surface area contributed by atoms with Crippen molar-refractivity contribution in [3.8, 4) is 0 Å². The van der Waals surface area contributed by atoms with E-state index in [4.69, 9.17) is 50.7 Å². The monoisotopic (exact) mass is 432 g/mol. The molecule has 0 amide bonds. The Balaban J connectivity index is 2.04. The molecular weight excluding hydrogens is 413 g/mol. The molecule has 2 heterocycles. The molecule has 0 aromatic rings. The van der Waals surface area contributed by atoms with E-state index in [0.29, 0.717) is 0 Å². The van der Waals surface area contributed by atoms with Crippen molar-refractivity contribution in [1.29, 1.82) is 0 Å². The molecule has 0 saturated carbocycles. The van der Waals surface area contributed by atoms with Gasteiger partial charge in [0.05, 0.1) is 0 Å². The van der Waals surface area contributed by atoms with Crippen LogP contribution in [0.2, 0.25) is 0 Å². The Bertz CT molecular complexity index is 435. The number of hydrogen-bond acceptors (Lipinski definition) is 11. The molecule has 0 radical (unpaired) electrons. The Kier molecular flexibility index (Phi) is 5.25. The zero-order valence-corrected chi connectivity index (χ0v) is 13.7. The first-order chi connectivity index (χ1) is 10.1. The summed E-state index contributed by atoms with van der Waals surface area (Å²) < 4.78 is 25.7. The summed E-state index contributed by atoms with van der Waals surface area (Å²) in [4.78, 5) is 11.5. The molecule has 10 N–H and O–H groups in total. The molecule has 0 aromatic heterocycles. The number of alkyl halides is 1. The summed E-state index contributed by atoms with van der Waals surface area (Å²) >= 11 is -1.25. The number of hydrogen-bond donors (Lipinski definition) is 5. The summed E-state index contributed by atoms with van der Waals surface area (Å²) in [5.74, 6) is -0.714. The Morgan fingerprint density at radius 2 is 1.59 bits per heavy atom. The second-order valence-corrected chi connectivity index (χ2v) is 7.19. The molecule has 22 heavy (non-hydrogen) atoms. The van der Waals surface area contributed by atoms with Gasteiger partial charge in [-0.1, -0.05) is 0 Å². The number of nitrogens with two attached hydrogens (primary N) is 5. The molecule has 2 fully saturated rings. The van der Waals surface area contributed by atoms with Gasteiger partial charge in [-0.3, -0.25) is 0 Å². The zero-order chi connectivity index (χ0) is 16.5. The molecule has 11 nitrogen and oxygen atoms in total. The number of carbonyl (C=O) groups is 1. The molecule has 2 aliphatic rings. The van der Waals surface area contributed by atoms with Crippen molar-refractivity contribution in [3.63, 3.8) is 0 Å². The topological polar surface area (TPSA) is 193 Å². The first-order valence-electron chi connectivity index (χ1n) is 6.18. The average Bonchev–Trinajstić information content (AvgIpc) is 2.92. The first kappa shape index (κ1) is 17.8. The fourth-order valence-corrected chi connectivity index (χ4v) is 4.01. The summed E-state index contributed by atoms with van der Waals surface area (Å²) in [6.07, 6.45) is -1.13. The van der Waals surface area contributed by atoms with Gasteiger partial charge in [0.25, 0.3) is 0 Å². The fourth-order valence-electron chi connectivity index (χ4n) is 1.84. The number of carbonyl (C=O) groups excluding carboxylic acids is 1. The van der Waals surface area contributed by atoms with Crippen molar-refractivity contribution in [2.45, 2.75) is 28.2 Å².